The second-order valence-corrected chi connectivity index (χ2v) is 6.42. The number of likely N-dealkylation sites (tertiary alicyclic amines) is 1. The number of halogens is 1. The summed E-state index contributed by atoms with van der Waals surface area (Å²) in [5.41, 5.74) is 7.07. The molecule has 1 aromatic rings. The average molecular weight is 385 g/mol. The third kappa shape index (κ3) is 3.76. The molecule has 108 valence electrons. The minimum atomic E-state index is 0.547. The van der Waals surface area contributed by atoms with Gasteiger partial charge in [-0.25, -0.2) is 0 Å². The standard InChI is InChI=1S/C15H20IN3O/c1-19-6-3-2-4-12(19)5-7-20-15-13(16)8-11(10-17)9-14(15)18/h8-9,12H,2-7,18H2,1H3. The summed E-state index contributed by atoms with van der Waals surface area (Å²) < 4.78 is 6.75. The molecule has 1 aliphatic rings. The molecule has 1 fully saturated rings. The largest absolute Gasteiger partial charge is 0.490 e. The molecule has 0 spiro atoms. The predicted octanol–water partition coefficient (Wildman–Crippen LogP) is 3.00. The van der Waals surface area contributed by atoms with E-state index in [2.05, 4.69) is 40.6 Å². The van der Waals surface area contributed by atoms with Crippen LogP contribution in [0.4, 0.5) is 5.69 Å². The zero-order valence-electron chi connectivity index (χ0n) is 11.7. The Morgan fingerprint density at radius 3 is 2.95 bits per heavy atom. The zero-order chi connectivity index (χ0) is 14.5. The van der Waals surface area contributed by atoms with Crippen LogP contribution >= 0.6 is 22.6 Å². The molecule has 0 radical (unpaired) electrons. The second kappa shape index (κ2) is 7.14. The van der Waals surface area contributed by atoms with Gasteiger partial charge in [-0.2, -0.15) is 5.26 Å². The van der Waals surface area contributed by atoms with E-state index < -0.39 is 0 Å². The molecule has 0 saturated carbocycles. The Morgan fingerprint density at radius 1 is 1.50 bits per heavy atom. The maximum atomic E-state index is 8.90. The number of benzene rings is 1. The maximum absolute atomic E-state index is 8.90. The molecule has 0 aliphatic carbocycles. The minimum Gasteiger partial charge on any atom is -0.490 e. The van der Waals surface area contributed by atoms with Crippen molar-refractivity contribution in [1.29, 1.82) is 5.26 Å². The molecule has 1 saturated heterocycles. The molecule has 1 unspecified atom stereocenters. The van der Waals surface area contributed by atoms with Crippen LogP contribution < -0.4 is 10.5 Å². The Labute approximate surface area is 134 Å². The summed E-state index contributed by atoms with van der Waals surface area (Å²) in [6.07, 6.45) is 4.88. The first-order valence-electron chi connectivity index (χ1n) is 6.94. The third-order valence-corrected chi connectivity index (χ3v) is 4.62. The monoisotopic (exact) mass is 385 g/mol. The first-order valence-corrected chi connectivity index (χ1v) is 8.02. The molecule has 1 aromatic carbocycles. The molecule has 2 N–H and O–H groups in total. The van der Waals surface area contributed by atoms with E-state index in [-0.39, 0.29) is 0 Å². The van der Waals surface area contributed by atoms with Gasteiger partial charge in [-0.1, -0.05) is 6.42 Å². The van der Waals surface area contributed by atoms with Crippen molar-refractivity contribution >= 4 is 28.3 Å². The molecule has 1 heterocycles. The lowest BCUT2D eigenvalue weighted by Crippen LogP contribution is -2.37. The normalized spacial score (nSPS) is 19.6. The van der Waals surface area contributed by atoms with Crippen molar-refractivity contribution in [3.63, 3.8) is 0 Å². The summed E-state index contributed by atoms with van der Waals surface area (Å²) in [5.74, 6) is 0.711. The molecule has 0 amide bonds. The van der Waals surface area contributed by atoms with Crippen molar-refractivity contribution < 1.29 is 4.74 Å². The third-order valence-electron chi connectivity index (χ3n) is 3.82. The van der Waals surface area contributed by atoms with Gasteiger partial charge in [-0.05, 0) is 67.6 Å². The van der Waals surface area contributed by atoms with Crippen LogP contribution in [0.3, 0.4) is 0 Å². The maximum Gasteiger partial charge on any atom is 0.155 e. The number of piperidine rings is 1. The molecule has 1 aliphatic heterocycles. The van der Waals surface area contributed by atoms with Gasteiger partial charge in [0.15, 0.2) is 5.75 Å². The fourth-order valence-corrected chi connectivity index (χ4v) is 3.44. The van der Waals surface area contributed by atoms with Crippen molar-refractivity contribution in [2.75, 3.05) is 25.9 Å². The van der Waals surface area contributed by atoms with Crippen molar-refractivity contribution in [2.24, 2.45) is 0 Å². The van der Waals surface area contributed by atoms with Crippen LogP contribution in [0.25, 0.3) is 0 Å². The highest BCUT2D eigenvalue weighted by Crippen LogP contribution is 2.30. The summed E-state index contributed by atoms with van der Waals surface area (Å²) in [7, 11) is 2.18. The SMILES string of the molecule is CN1CCCCC1CCOc1c(N)cc(C#N)cc1I. The topological polar surface area (TPSA) is 62.3 Å². The molecule has 0 bridgehead atoms. The predicted molar refractivity (Wildman–Crippen MR) is 88.7 cm³/mol. The van der Waals surface area contributed by atoms with Crippen LogP contribution in [-0.2, 0) is 0 Å². The first-order chi connectivity index (χ1) is 9.61. The minimum absolute atomic E-state index is 0.547. The van der Waals surface area contributed by atoms with E-state index in [0.717, 1.165) is 9.99 Å². The van der Waals surface area contributed by atoms with Gasteiger partial charge < -0.3 is 15.4 Å². The van der Waals surface area contributed by atoms with Crippen molar-refractivity contribution in [2.45, 2.75) is 31.7 Å². The van der Waals surface area contributed by atoms with Gasteiger partial charge in [0.05, 0.1) is 27.5 Å². The van der Waals surface area contributed by atoms with Gasteiger partial charge in [0.2, 0.25) is 0 Å². The van der Waals surface area contributed by atoms with E-state index in [1.54, 1.807) is 12.1 Å². The fourth-order valence-electron chi connectivity index (χ4n) is 2.64. The molecule has 4 nitrogen and oxygen atoms in total. The van der Waals surface area contributed by atoms with Crippen LogP contribution in [0, 0.1) is 14.9 Å². The van der Waals surface area contributed by atoms with Gasteiger partial charge in [-0.3, -0.25) is 0 Å². The number of hydrogen-bond acceptors (Lipinski definition) is 4. The van der Waals surface area contributed by atoms with Crippen LogP contribution in [0.15, 0.2) is 12.1 Å². The molecule has 0 aromatic heterocycles. The van der Waals surface area contributed by atoms with Gasteiger partial charge >= 0.3 is 0 Å². The smallest absolute Gasteiger partial charge is 0.155 e. The number of nitriles is 1. The van der Waals surface area contributed by atoms with Gasteiger partial charge in [-0.15, -0.1) is 0 Å². The van der Waals surface area contributed by atoms with E-state index in [1.807, 2.05) is 0 Å². The van der Waals surface area contributed by atoms with Crippen molar-refractivity contribution in [3.8, 4) is 11.8 Å². The lowest BCUT2D eigenvalue weighted by Gasteiger charge is -2.32. The van der Waals surface area contributed by atoms with Crippen molar-refractivity contribution in [1.82, 2.24) is 4.90 Å². The molecule has 5 heteroatoms. The van der Waals surface area contributed by atoms with Gasteiger partial charge in [0.25, 0.3) is 0 Å². The summed E-state index contributed by atoms with van der Waals surface area (Å²) in [6, 6.07) is 6.19. The summed E-state index contributed by atoms with van der Waals surface area (Å²) in [5, 5.41) is 8.90. The van der Waals surface area contributed by atoms with Crippen LogP contribution in [0.1, 0.15) is 31.2 Å². The molecule has 2 rings (SSSR count). The van der Waals surface area contributed by atoms with E-state index in [9.17, 15) is 0 Å². The Morgan fingerprint density at radius 2 is 2.30 bits per heavy atom. The highest BCUT2D eigenvalue weighted by molar-refractivity contribution is 14.1. The average Bonchev–Trinajstić information content (AvgIpc) is 2.43. The molecule has 1 atom stereocenters. The number of nitrogens with zero attached hydrogens (tertiary/aromatic N) is 2. The number of nitrogens with two attached hydrogens (primary N) is 1. The number of hydrogen-bond donors (Lipinski definition) is 1. The highest BCUT2D eigenvalue weighted by Gasteiger charge is 2.19. The Bertz CT molecular complexity index is 489. The highest BCUT2D eigenvalue weighted by atomic mass is 127. The number of nitrogen functional groups attached to an aromatic ring is 1. The number of rotatable bonds is 4. The van der Waals surface area contributed by atoms with Crippen LogP contribution in [0.2, 0.25) is 0 Å². The quantitative estimate of drug-likeness (QED) is 0.640. The van der Waals surface area contributed by atoms with Crippen LogP contribution in [-0.4, -0.2) is 31.1 Å². The van der Waals surface area contributed by atoms with Crippen LogP contribution in [0.5, 0.6) is 5.75 Å². The van der Waals surface area contributed by atoms with E-state index >= 15 is 0 Å². The Balaban J connectivity index is 1.93. The lowest BCUT2D eigenvalue weighted by molar-refractivity contribution is 0.153. The van der Waals surface area contributed by atoms with Gasteiger partial charge in [0.1, 0.15) is 0 Å². The number of anilines is 1. The summed E-state index contributed by atoms with van der Waals surface area (Å²) >= 11 is 2.17. The summed E-state index contributed by atoms with van der Waals surface area (Å²) in [4.78, 5) is 2.42. The Kier molecular flexibility index (Phi) is 5.49. The molecular formula is C15H20IN3O. The second-order valence-electron chi connectivity index (χ2n) is 5.26. The summed E-state index contributed by atoms with van der Waals surface area (Å²) in [6.45, 7) is 1.85. The zero-order valence-corrected chi connectivity index (χ0v) is 13.9. The molecular weight excluding hydrogens is 365 g/mol. The fraction of sp³-hybridized carbons (Fsp3) is 0.533. The van der Waals surface area contributed by atoms with E-state index in [1.165, 1.54) is 25.8 Å². The first kappa shape index (κ1) is 15.4. The lowest BCUT2D eigenvalue weighted by atomic mass is 10.0. The van der Waals surface area contributed by atoms with E-state index in [0.29, 0.717) is 29.6 Å². The molecule has 20 heavy (non-hydrogen) atoms. The Hall–Kier alpha value is -1.00. The van der Waals surface area contributed by atoms with Crippen molar-refractivity contribution in [3.05, 3.63) is 21.3 Å². The number of ether oxygens (including phenoxy) is 1. The van der Waals surface area contributed by atoms with E-state index in [4.69, 9.17) is 15.7 Å². The van der Waals surface area contributed by atoms with Gasteiger partial charge in [0, 0.05) is 6.04 Å².